The first kappa shape index (κ1) is 17.0. The molecule has 0 radical (unpaired) electrons. The van der Waals surface area contributed by atoms with Crippen LogP contribution in [0.5, 0.6) is 0 Å². The molecule has 0 aliphatic rings. The Labute approximate surface area is 152 Å². The summed E-state index contributed by atoms with van der Waals surface area (Å²) in [5, 5.41) is 4.63. The molecule has 0 saturated heterocycles. The molecule has 0 aliphatic heterocycles. The van der Waals surface area contributed by atoms with Crippen molar-refractivity contribution in [2.45, 2.75) is 13.8 Å². The van der Waals surface area contributed by atoms with Gasteiger partial charge in [0.25, 0.3) is 0 Å². The number of nitrogens with zero attached hydrogens (tertiary/aromatic N) is 2. The summed E-state index contributed by atoms with van der Waals surface area (Å²) < 4.78 is 5.09. The maximum Gasteiger partial charge on any atom is 0.348 e. The lowest BCUT2D eigenvalue weighted by atomic mass is 10.2. The number of benzene rings is 1. The number of ether oxygens (including phenoxy) is 1. The Hall–Kier alpha value is -1.89. The summed E-state index contributed by atoms with van der Waals surface area (Å²) in [6.07, 6.45) is 0. The third-order valence-corrected chi connectivity index (χ3v) is 4.88. The van der Waals surface area contributed by atoms with Gasteiger partial charge >= 0.3 is 5.97 Å². The predicted octanol–water partition coefficient (Wildman–Crippen LogP) is 5.23. The van der Waals surface area contributed by atoms with Crippen LogP contribution in [-0.4, -0.2) is 22.5 Å². The number of thiophene rings is 1. The van der Waals surface area contributed by atoms with Gasteiger partial charge in [0.2, 0.25) is 5.28 Å². The number of hydrogen-bond acceptors (Lipinski definition) is 6. The van der Waals surface area contributed by atoms with Gasteiger partial charge in [-0.1, -0.05) is 17.7 Å². The van der Waals surface area contributed by atoms with Crippen molar-refractivity contribution in [3.63, 3.8) is 0 Å². The Balaban J connectivity index is 2.11. The Morgan fingerprint density at radius 3 is 2.83 bits per heavy atom. The second kappa shape index (κ2) is 6.93. The van der Waals surface area contributed by atoms with Crippen molar-refractivity contribution in [1.29, 1.82) is 0 Å². The fraction of sp³-hybridized carbons (Fsp3) is 0.188. The van der Waals surface area contributed by atoms with Crippen molar-refractivity contribution in [2.75, 3.05) is 11.9 Å². The van der Waals surface area contributed by atoms with Crippen molar-refractivity contribution < 1.29 is 9.53 Å². The van der Waals surface area contributed by atoms with Gasteiger partial charge in [0.1, 0.15) is 15.5 Å². The second-order valence-electron chi connectivity index (χ2n) is 4.93. The molecule has 0 bridgehead atoms. The fourth-order valence-corrected chi connectivity index (χ4v) is 3.78. The van der Waals surface area contributed by atoms with Crippen LogP contribution in [0.15, 0.2) is 24.3 Å². The van der Waals surface area contributed by atoms with Crippen LogP contribution in [0.3, 0.4) is 0 Å². The smallest absolute Gasteiger partial charge is 0.348 e. The summed E-state index contributed by atoms with van der Waals surface area (Å²) in [7, 11) is 0. The minimum atomic E-state index is -0.372. The van der Waals surface area contributed by atoms with Crippen molar-refractivity contribution in [3.8, 4) is 0 Å². The molecule has 0 unspecified atom stereocenters. The highest BCUT2D eigenvalue weighted by Gasteiger charge is 2.21. The number of carbonyl (C=O) groups excluding carboxylic acids is 1. The minimum absolute atomic E-state index is 0.101. The molecule has 0 fully saturated rings. The van der Waals surface area contributed by atoms with Gasteiger partial charge in [0.15, 0.2) is 0 Å². The average molecular weight is 382 g/mol. The van der Waals surface area contributed by atoms with E-state index in [-0.39, 0.29) is 11.3 Å². The van der Waals surface area contributed by atoms with Gasteiger partial charge in [-0.25, -0.2) is 9.78 Å². The maximum atomic E-state index is 12.1. The van der Waals surface area contributed by atoms with E-state index in [1.807, 2.05) is 19.1 Å². The monoisotopic (exact) mass is 381 g/mol. The van der Waals surface area contributed by atoms with E-state index < -0.39 is 0 Å². The minimum Gasteiger partial charge on any atom is -0.462 e. The molecule has 1 aromatic carbocycles. The molecule has 5 nitrogen and oxygen atoms in total. The Bertz CT molecular complexity index is 927. The number of carbonyl (C=O) groups is 1. The number of halogens is 2. The van der Waals surface area contributed by atoms with Crippen LogP contribution >= 0.6 is 34.5 Å². The molecule has 0 aliphatic carbocycles. The number of esters is 1. The highest BCUT2D eigenvalue weighted by atomic mass is 35.5. The highest BCUT2D eigenvalue weighted by molar-refractivity contribution is 7.20. The van der Waals surface area contributed by atoms with Gasteiger partial charge in [-0.3, -0.25) is 0 Å². The number of anilines is 2. The lowest BCUT2D eigenvalue weighted by Gasteiger charge is -2.08. The Morgan fingerprint density at radius 2 is 2.12 bits per heavy atom. The van der Waals surface area contributed by atoms with Crippen molar-refractivity contribution in [2.24, 2.45) is 0 Å². The van der Waals surface area contributed by atoms with Gasteiger partial charge in [-0.05, 0) is 49.2 Å². The zero-order valence-corrected chi connectivity index (χ0v) is 15.2. The number of fused-ring (bicyclic) bond motifs is 1. The zero-order valence-electron chi connectivity index (χ0n) is 12.9. The normalized spacial score (nSPS) is 10.8. The molecule has 24 heavy (non-hydrogen) atoms. The van der Waals surface area contributed by atoms with Gasteiger partial charge in [0.05, 0.1) is 12.0 Å². The van der Waals surface area contributed by atoms with E-state index in [0.717, 1.165) is 16.6 Å². The number of aryl methyl sites for hydroxylation is 1. The third kappa shape index (κ3) is 3.31. The van der Waals surface area contributed by atoms with Gasteiger partial charge in [0, 0.05) is 10.7 Å². The number of aromatic nitrogens is 2. The van der Waals surface area contributed by atoms with Crippen LogP contribution in [0.4, 0.5) is 11.5 Å². The first-order chi connectivity index (χ1) is 11.5. The van der Waals surface area contributed by atoms with E-state index in [2.05, 4.69) is 15.3 Å². The topological polar surface area (TPSA) is 64.1 Å². The first-order valence-electron chi connectivity index (χ1n) is 7.16. The lowest BCUT2D eigenvalue weighted by molar-refractivity contribution is 0.0531. The average Bonchev–Trinajstić information content (AvgIpc) is 2.84. The third-order valence-electron chi connectivity index (χ3n) is 3.31. The van der Waals surface area contributed by atoms with E-state index in [0.29, 0.717) is 27.2 Å². The summed E-state index contributed by atoms with van der Waals surface area (Å²) in [4.78, 5) is 21.7. The molecule has 0 atom stereocenters. The summed E-state index contributed by atoms with van der Waals surface area (Å²) in [6.45, 7) is 3.92. The second-order valence-corrected chi connectivity index (χ2v) is 6.71. The lowest BCUT2D eigenvalue weighted by Crippen LogP contribution is -2.03. The number of rotatable bonds is 4. The Morgan fingerprint density at radius 1 is 1.33 bits per heavy atom. The predicted molar refractivity (Wildman–Crippen MR) is 97.9 cm³/mol. The quantitative estimate of drug-likeness (QED) is 0.495. The van der Waals surface area contributed by atoms with Crippen molar-refractivity contribution >= 4 is 62.2 Å². The SMILES string of the molecule is CCOC(=O)c1sc2nc(Cl)nc(Nc3cccc(Cl)c3)c2c1C. The molecule has 0 saturated carbocycles. The van der Waals surface area contributed by atoms with Crippen LogP contribution in [0.1, 0.15) is 22.2 Å². The summed E-state index contributed by atoms with van der Waals surface area (Å²) >= 11 is 13.3. The zero-order chi connectivity index (χ0) is 17.3. The van der Waals surface area contributed by atoms with Gasteiger partial charge < -0.3 is 10.1 Å². The van der Waals surface area contributed by atoms with Crippen LogP contribution in [0.2, 0.25) is 10.3 Å². The molecule has 1 N–H and O–H groups in total. The summed E-state index contributed by atoms with van der Waals surface area (Å²) in [5.74, 6) is 0.152. The van der Waals surface area contributed by atoms with Crippen LogP contribution < -0.4 is 5.32 Å². The number of nitrogens with one attached hydrogen (secondary N) is 1. The summed E-state index contributed by atoms with van der Waals surface area (Å²) in [6, 6.07) is 7.25. The number of hydrogen-bond donors (Lipinski definition) is 1. The van der Waals surface area contributed by atoms with Gasteiger partial charge in [-0.15, -0.1) is 11.3 Å². The van der Waals surface area contributed by atoms with Crippen LogP contribution in [0.25, 0.3) is 10.2 Å². The molecule has 0 amide bonds. The van der Waals surface area contributed by atoms with Crippen molar-refractivity contribution in [1.82, 2.24) is 9.97 Å². The largest absolute Gasteiger partial charge is 0.462 e. The molecule has 3 aromatic rings. The van der Waals surface area contributed by atoms with E-state index in [9.17, 15) is 4.79 Å². The van der Waals surface area contributed by atoms with E-state index >= 15 is 0 Å². The fourth-order valence-electron chi connectivity index (χ4n) is 2.30. The van der Waals surface area contributed by atoms with Gasteiger partial charge in [-0.2, -0.15) is 4.98 Å². The molecule has 3 rings (SSSR count). The molecule has 8 heteroatoms. The molecule has 2 aromatic heterocycles. The molecule has 124 valence electrons. The van der Waals surface area contributed by atoms with E-state index in [1.54, 1.807) is 19.1 Å². The highest BCUT2D eigenvalue weighted by Crippen LogP contribution is 2.36. The molecular weight excluding hydrogens is 369 g/mol. The summed E-state index contributed by atoms with van der Waals surface area (Å²) in [5.41, 5.74) is 1.52. The molecule has 2 heterocycles. The van der Waals surface area contributed by atoms with Crippen LogP contribution in [-0.2, 0) is 4.74 Å². The first-order valence-corrected chi connectivity index (χ1v) is 8.73. The Kier molecular flexibility index (Phi) is 4.89. The molecular formula is C16H13Cl2N3O2S. The molecule has 0 spiro atoms. The van der Waals surface area contributed by atoms with E-state index in [1.165, 1.54) is 11.3 Å². The standard InChI is InChI=1S/C16H13Cl2N3O2S/c1-3-23-15(22)12-8(2)11-13(20-16(18)21-14(11)24-12)19-10-6-4-5-9(17)7-10/h4-7H,3H2,1-2H3,(H,19,20,21). The maximum absolute atomic E-state index is 12.1. The van der Waals surface area contributed by atoms with Crippen molar-refractivity contribution in [3.05, 3.63) is 45.0 Å². The van der Waals surface area contributed by atoms with Crippen LogP contribution in [0, 0.1) is 6.92 Å². The van der Waals surface area contributed by atoms with E-state index in [4.69, 9.17) is 27.9 Å².